The summed E-state index contributed by atoms with van der Waals surface area (Å²) in [6.45, 7) is 5.20. The molecule has 0 aliphatic heterocycles. The first-order valence-electron chi connectivity index (χ1n) is 5.31. The summed E-state index contributed by atoms with van der Waals surface area (Å²) < 4.78 is 5.39. The molecule has 0 aromatic heterocycles. The van der Waals surface area contributed by atoms with E-state index >= 15 is 0 Å². The number of hydrogen-bond donors (Lipinski definition) is 3. The van der Waals surface area contributed by atoms with Crippen molar-refractivity contribution < 1.29 is 4.74 Å². The Morgan fingerprint density at radius 1 is 1.44 bits per heavy atom. The van der Waals surface area contributed by atoms with E-state index in [4.69, 9.17) is 10.6 Å². The molecule has 0 heterocycles. The first-order valence-corrected chi connectivity index (χ1v) is 5.31. The van der Waals surface area contributed by atoms with Crippen molar-refractivity contribution >= 4 is 11.6 Å². The van der Waals surface area contributed by atoms with Gasteiger partial charge in [0.1, 0.15) is 5.75 Å². The molecule has 0 amide bonds. The Kier molecular flexibility index (Phi) is 5.15. The molecule has 0 spiro atoms. The van der Waals surface area contributed by atoms with Crippen LogP contribution in [0.5, 0.6) is 5.75 Å². The van der Waals surface area contributed by atoms with Gasteiger partial charge in [0.2, 0.25) is 5.96 Å². The molecule has 1 rings (SSSR count). The minimum atomic E-state index is 0.538. The lowest BCUT2D eigenvalue weighted by Gasteiger charge is -2.10. The maximum atomic E-state index is 5.39. The fourth-order valence-corrected chi connectivity index (χ4v) is 1.25. The maximum Gasteiger partial charge on any atom is 0.210 e. The zero-order valence-corrected chi connectivity index (χ0v) is 9.66. The van der Waals surface area contributed by atoms with Gasteiger partial charge < -0.3 is 10.1 Å². The molecule has 0 bridgehead atoms. The Hall–Kier alpha value is -1.75. The second-order valence-electron chi connectivity index (χ2n) is 3.05. The summed E-state index contributed by atoms with van der Waals surface area (Å²) in [6.07, 6.45) is 0. The third-order valence-electron chi connectivity index (χ3n) is 1.86. The van der Waals surface area contributed by atoms with Crippen LogP contribution in [-0.4, -0.2) is 19.1 Å². The molecule has 5 heteroatoms. The van der Waals surface area contributed by atoms with E-state index in [0.29, 0.717) is 19.1 Å². The van der Waals surface area contributed by atoms with Gasteiger partial charge in [-0.1, -0.05) is 6.07 Å². The highest BCUT2D eigenvalue weighted by molar-refractivity contribution is 5.93. The smallest absolute Gasteiger partial charge is 0.210 e. The third kappa shape index (κ3) is 3.78. The fraction of sp³-hybridized carbons (Fsp3) is 0.364. The van der Waals surface area contributed by atoms with E-state index in [1.165, 1.54) is 0 Å². The van der Waals surface area contributed by atoms with E-state index in [-0.39, 0.29) is 0 Å². The molecule has 1 aromatic carbocycles. The molecule has 1 aromatic rings. The highest BCUT2D eigenvalue weighted by Crippen LogP contribution is 2.16. The average molecular weight is 222 g/mol. The van der Waals surface area contributed by atoms with Crippen LogP contribution < -0.4 is 21.3 Å². The lowest BCUT2D eigenvalue weighted by molar-refractivity contribution is 0.340. The van der Waals surface area contributed by atoms with Gasteiger partial charge in [-0.25, -0.2) is 5.84 Å². The molecular weight excluding hydrogens is 204 g/mol. The summed E-state index contributed by atoms with van der Waals surface area (Å²) in [5.74, 6) is 6.69. The predicted molar refractivity (Wildman–Crippen MR) is 66.5 cm³/mol. The van der Waals surface area contributed by atoms with Gasteiger partial charge in [-0.05, 0) is 26.0 Å². The van der Waals surface area contributed by atoms with E-state index in [1.54, 1.807) is 0 Å². The van der Waals surface area contributed by atoms with Gasteiger partial charge in [0.15, 0.2) is 0 Å². The van der Waals surface area contributed by atoms with Crippen LogP contribution in [0.25, 0.3) is 0 Å². The molecule has 0 aliphatic carbocycles. The highest BCUT2D eigenvalue weighted by atomic mass is 16.5. The van der Waals surface area contributed by atoms with Gasteiger partial charge in [0, 0.05) is 18.3 Å². The van der Waals surface area contributed by atoms with Gasteiger partial charge in [-0.2, -0.15) is 0 Å². The normalized spacial score (nSPS) is 11.1. The molecule has 0 fully saturated rings. The van der Waals surface area contributed by atoms with Gasteiger partial charge in [-0.3, -0.25) is 10.4 Å². The Morgan fingerprint density at radius 3 is 2.88 bits per heavy atom. The van der Waals surface area contributed by atoms with Crippen molar-refractivity contribution in [3.63, 3.8) is 0 Å². The number of hydrogen-bond acceptors (Lipinski definition) is 3. The quantitative estimate of drug-likeness (QED) is 0.311. The molecule has 0 unspecified atom stereocenters. The predicted octanol–water partition coefficient (Wildman–Crippen LogP) is 1.34. The molecule has 0 aliphatic rings. The van der Waals surface area contributed by atoms with Crippen molar-refractivity contribution in [1.82, 2.24) is 5.43 Å². The third-order valence-corrected chi connectivity index (χ3v) is 1.86. The Morgan fingerprint density at radius 2 is 2.25 bits per heavy atom. The summed E-state index contributed by atoms with van der Waals surface area (Å²) in [5, 5.41) is 3.06. The van der Waals surface area contributed by atoms with E-state index < -0.39 is 0 Å². The fourth-order valence-electron chi connectivity index (χ4n) is 1.25. The molecule has 16 heavy (non-hydrogen) atoms. The Bertz CT molecular complexity index is 352. The topological polar surface area (TPSA) is 71.7 Å². The monoisotopic (exact) mass is 222 g/mol. The molecule has 0 atom stereocenters. The Labute approximate surface area is 95.7 Å². The van der Waals surface area contributed by atoms with E-state index in [2.05, 4.69) is 15.7 Å². The lowest BCUT2D eigenvalue weighted by atomic mass is 10.3. The number of guanidine groups is 1. The van der Waals surface area contributed by atoms with Crippen molar-refractivity contribution in [2.75, 3.05) is 18.5 Å². The van der Waals surface area contributed by atoms with Crippen LogP contribution in [0, 0.1) is 0 Å². The number of ether oxygens (including phenoxy) is 1. The Balaban J connectivity index is 2.72. The minimum absolute atomic E-state index is 0.538. The van der Waals surface area contributed by atoms with E-state index in [9.17, 15) is 0 Å². The number of rotatable bonds is 4. The van der Waals surface area contributed by atoms with Crippen LogP contribution in [0.2, 0.25) is 0 Å². The van der Waals surface area contributed by atoms with Crippen LogP contribution in [0.4, 0.5) is 5.69 Å². The maximum absolute atomic E-state index is 5.39. The molecule has 88 valence electrons. The van der Waals surface area contributed by atoms with Crippen LogP contribution >= 0.6 is 0 Å². The number of nitrogens with zero attached hydrogens (tertiary/aromatic N) is 1. The van der Waals surface area contributed by atoms with Gasteiger partial charge in [0.25, 0.3) is 0 Å². The first kappa shape index (κ1) is 12.3. The zero-order valence-electron chi connectivity index (χ0n) is 9.66. The van der Waals surface area contributed by atoms with Crippen molar-refractivity contribution in [3.05, 3.63) is 24.3 Å². The second-order valence-corrected chi connectivity index (χ2v) is 3.05. The lowest BCUT2D eigenvalue weighted by Crippen LogP contribution is -2.36. The highest BCUT2D eigenvalue weighted by Gasteiger charge is 1.99. The van der Waals surface area contributed by atoms with Gasteiger partial charge in [0.05, 0.1) is 6.61 Å². The average Bonchev–Trinajstić information content (AvgIpc) is 2.29. The number of nitrogens with one attached hydrogen (secondary N) is 2. The SMILES string of the molecule is CCN=C(NN)Nc1cccc(OCC)c1. The van der Waals surface area contributed by atoms with Crippen molar-refractivity contribution in [2.24, 2.45) is 10.8 Å². The summed E-state index contributed by atoms with van der Waals surface area (Å²) in [5.41, 5.74) is 3.39. The summed E-state index contributed by atoms with van der Waals surface area (Å²) >= 11 is 0. The number of anilines is 1. The van der Waals surface area contributed by atoms with Crippen molar-refractivity contribution in [2.45, 2.75) is 13.8 Å². The zero-order chi connectivity index (χ0) is 11.8. The van der Waals surface area contributed by atoms with Crippen LogP contribution in [-0.2, 0) is 0 Å². The minimum Gasteiger partial charge on any atom is -0.494 e. The van der Waals surface area contributed by atoms with Crippen LogP contribution in [0.15, 0.2) is 29.3 Å². The van der Waals surface area contributed by atoms with Crippen LogP contribution in [0.1, 0.15) is 13.8 Å². The number of aliphatic imine (C=N–C) groups is 1. The molecule has 4 N–H and O–H groups in total. The number of hydrazine groups is 1. The second kappa shape index (κ2) is 6.68. The number of nitrogens with two attached hydrogens (primary N) is 1. The first-order chi connectivity index (χ1) is 7.80. The van der Waals surface area contributed by atoms with Crippen molar-refractivity contribution in [3.8, 4) is 5.75 Å². The van der Waals surface area contributed by atoms with Crippen LogP contribution in [0.3, 0.4) is 0 Å². The molecule has 0 radical (unpaired) electrons. The van der Waals surface area contributed by atoms with E-state index in [0.717, 1.165) is 11.4 Å². The number of benzene rings is 1. The summed E-state index contributed by atoms with van der Waals surface area (Å²) in [7, 11) is 0. The van der Waals surface area contributed by atoms with Gasteiger partial charge >= 0.3 is 0 Å². The van der Waals surface area contributed by atoms with Crippen molar-refractivity contribution in [1.29, 1.82) is 0 Å². The molecule has 0 saturated heterocycles. The molecular formula is C11H18N4O. The van der Waals surface area contributed by atoms with Gasteiger partial charge in [-0.15, -0.1) is 0 Å². The summed E-state index contributed by atoms with van der Waals surface area (Å²) in [6, 6.07) is 7.63. The largest absolute Gasteiger partial charge is 0.494 e. The molecule has 5 nitrogen and oxygen atoms in total. The standard InChI is InChI=1S/C11H18N4O/c1-3-13-11(15-12)14-9-6-5-7-10(8-9)16-4-2/h5-8H,3-4,12H2,1-2H3,(H2,13,14,15). The molecule has 0 saturated carbocycles. The summed E-state index contributed by atoms with van der Waals surface area (Å²) in [4.78, 5) is 4.14. The van der Waals surface area contributed by atoms with E-state index in [1.807, 2.05) is 38.1 Å².